The van der Waals surface area contributed by atoms with Crippen LogP contribution < -0.4 is 11.2 Å². The van der Waals surface area contributed by atoms with Crippen molar-refractivity contribution in [2.45, 2.75) is 107 Å². The predicted octanol–water partition coefficient (Wildman–Crippen LogP) is 20.7. The van der Waals surface area contributed by atoms with E-state index in [9.17, 15) is 96.2 Å². The van der Waals surface area contributed by atoms with Gasteiger partial charge in [-0.1, -0.05) is 70.0 Å². The quantitative estimate of drug-likeness (QED) is 0.0283. The number of aryl methyl sites for hydroxylation is 3. The van der Waals surface area contributed by atoms with Crippen LogP contribution in [-0.2, 0) is 40.5 Å². The monoisotopic (exact) mass is 1690 g/mol. The minimum atomic E-state index is -3.28. The number of non-ortho nitro benzene ring substituents is 3. The molecule has 11 aromatic carbocycles. The van der Waals surface area contributed by atoms with Gasteiger partial charge in [0.1, 0.15) is 69.7 Å². The molecule has 1 saturated heterocycles. The van der Waals surface area contributed by atoms with Crippen molar-refractivity contribution in [2.75, 3.05) is 5.73 Å². The third kappa shape index (κ3) is 23.9. The van der Waals surface area contributed by atoms with E-state index in [1.807, 2.05) is 47.6 Å². The Labute approximate surface area is 663 Å². The van der Waals surface area contributed by atoms with E-state index in [0.29, 0.717) is 79.0 Å². The molecule has 11 aromatic rings. The summed E-state index contributed by atoms with van der Waals surface area (Å²) in [5.41, 5.74) is 11.8. The Hall–Kier alpha value is -11.3. The lowest BCUT2D eigenvalue weighted by molar-refractivity contribution is -0.385. The first-order valence-corrected chi connectivity index (χ1v) is 39.1. The smallest absolute Gasteiger partial charge is 0.494 e. The van der Waals surface area contributed by atoms with Gasteiger partial charge in [-0.15, -0.1) is 0 Å². The van der Waals surface area contributed by atoms with Gasteiger partial charge in [-0.3, -0.25) is 30.3 Å². The minimum absolute atomic E-state index is 0.0181. The zero-order valence-corrected chi connectivity index (χ0v) is 65.4. The van der Waals surface area contributed by atoms with Crippen LogP contribution in [0.4, 0.5) is 66.7 Å². The van der Waals surface area contributed by atoms with Crippen LogP contribution in [0.1, 0.15) is 81.2 Å². The Balaban J connectivity index is 0.000000162. The van der Waals surface area contributed by atoms with Crippen LogP contribution in [0.15, 0.2) is 205 Å². The van der Waals surface area contributed by atoms with Crippen LogP contribution in [0.3, 0.4) is 0 Å². The van der Waals surface area contributed by atoms with Gasteiger partial charge in [0.25, 0.3) is 17.1 Å². The Bertz CT molecular complexity index is 5620. The Kier molecular flexibility index (Phi) is 27.8. The average Bonchev–Trinajstić information content (AvgIpc) is 1.61. The highest BCUT2D eigenvalue weighted by Gasteiger charge is 2.52. The molecule has 0 aromatic heterocycles. The van der Waals surface area contributed by atoms with Crippen molar-refractivity contribution >= 4 is 70.9 Å². The molecule has 0 radical (unpaired) electrons. The lowest BCUT2D eigenvalue weighted by atomic mass is 9.77. The van der Waals surface area contributed by atoms with Gasteiger partial charge >= 0.3 is 7.12 Å². The molecule has 2 aliphatic carbocycles. The number of phenols is 2. The molecule has 3 aliphatic rings. The predicted molar refractivity (Wildman–Crippen MR) is 422 cm³/mol. The molecule has 0 atom stereocenters. The van der Waals surface area contributed by atoms with E-state index in [4.69, 9.17) is 20.1 Å². The Morgan fingerprint density at radius 1 is 0.409 bits per heavy atom. The molecule has 0 spiro atoms. The molecule has 0 bridgehead atoms. The number of rotatable bonds is 15. The topological polar surface area (TPSA) is 283 Å². The molecule has 3 fully saturated rings. The summed E-state index contributed by atoms with van der Waals surface area (Å²) in [4.78, 5) is 29.7. The average molecular weight is 1690 g/mol. The van der Waals surface area contributed by atoms with Crippen LogP contribution in [0, 0.1) is 109 Å². The normalized spacial score (nSPS) is 13.8. The summed E-state index contributed by atoms with van der Waals surface area (Å²) in [6.45, 7) is 13.1. The number of halogens is 11. The molecule has 14 rings (SSSR count). The lowest BCUT2D eigenvalue weighted by Crippen LogP contribution is -2.41. The maximum atomic E-state index is 14.5. The van der Waals surface area contributed by atoms with Crippen molar-refractivity contribution in [3.63, 3.8) is 0 Å². The van der Waals surface area contributed by atoms with E-state index in [0.717, 1.165) is 84.6 Å². The summed E-state index contributed by atoms with van der Waals surface area (Å²) >= 11 is 3.02. The number of nitrogens with zero attached hydrogens (tertiary/aromatic N) is 3. The van der Waals surface area contributed by atoms with Crippen molar-refractivity contribution in [1.82, 2.24) is 0 Å². The number of nitrogen functional groups attached to an aromatic ring is 1. The number of hydrogen-bond acceptors (Lipinski definition) is 15. The molecule has 32 heteroatoms. The van der Waals surface area contributed by atoms with Crippen LogP contribution in [0.2, 0.25) is 0 Å². The SMILES string of the molecule is CC1(C)OB(c2cc(CS(=O)(=O)C3CC3)cc(-c3ccc(F)cc3F)c2)OC1(C)C.Cc1cc(-c2ccc(F)cc2F)cc([N+](=O)[O-])c1.Cc1cc(CS(=O)(=O)C2CC2)cc(-c2ccc(F)cc2F)c1.Cc1cc(N)cc(-c2ccc(F)cc2F)c1.O=[N+]([O-])c1cc(O)cc(-c2ccc(F)cc2F)c1.O=[N+]([O-])c1cc(O)cc(Br)c1. The van der Waals surface area contributed by atoms with Gasteiger partial charge in [-0.05, 0) is 215 Å². The number of anilines is 1. The summed E-state index contributed by atoms with van der Waals surface area (Å²) in [5, 5.41) is 49.3. The second-order valence-corrected chi connectivity index (χ2v) is 33.7. The van der Waals surface area contributed by atoms with E-state index in [-0.39, 0.29) is 78.4 Å². The maximum Gasteiger partial charge on any atom is 0.494 e. The van der Waals surface area contributed by atoms with Crippen molar-refractivity contribution < 1.29 is 95.0 Å². The van der Waals surface area contributed by atoms with Gasteiger partial charge in [0.15, 0.2) is 19.7 Å². The van der Waals surface area contributed by atoms with Gasteiger partial charge in [-0.2, -0.15) is 0 Å². The molecule has 18 nitrogen and oxygen atoms in total. The first kappa shape index (κ1) is 87.6. The van der Waals surface area contributed by atoms with Gasteiger partial charge in [0, 0.05) is 92.6 Å². The number of nitro benzene ring substituents is 3. The second-order valence-electron chi connectivity index (χ2n) is 28.3. The molecule has 600 valence electrons. The molecule has 1 aliphatic heterocycles. The summed E-state index contributed by atoms with van der Waals surface area (Å²) in [6.07, 6.45) is 2.82. The highest BCUT2D eigenvalue weighted by Crippen LogP contribution is 2.40. The zero-order valence-electron chi connectivity index (χ0n) is 62.2. The van der Waals surface area contributed by atoms with Crippen molar-refractivity contribution in [3.8, 4) is 67.1 Å². The second kappa shape index (κ2) is 36.4. The highest BCUT2D eigenvalue weighted by molar-refractivity contribution is 9.10. The van der Waals surface area contributed by atoms with Gasteiger partial charge in [0.2, 0.25) is 0 Å². The lowest BCUT2D eigenvalue weighted by Gasteiger charge is -2.32. The maximum absolute atomic E-state index is 14.5. The van der Waals surface area contributed by atoms with E-state index in [1.165, 1.54) is 72.8 Å². The molecular weight excluding hydrogens is 1620 g/mol. The molecule has 1 heterocycles. The van der Waals surface area contributed by atoms with Crippen LogP contribution in [-0.4, -0.2) is 70.6 Å². The third-order valence-corrected chi connectivity index (χ3v) is 23.2. The number of nitro groups is 3. The van der Waals surface area contributed by atoms with E-state index >= 15 is 0 Å². The van der Waals surface area contributed by atoms with Gasteiger partial charge < -0.3 is 25.3 Å². The fraction of sp³-hybridized carbons (Fsp3) is 0.205. The standard InChI is InChI=1S/C22H25BF2O4S.C17H16F2O2S.C13H9F2NO2.C13H11F2N.C12H7F2NO3.C6H4BrNO3/c1-21(2)22(3,4)29-23(28-21)16-10-14(13-30(26,27)18-6-7-18)9-15(11-16)19-8-5-17(24)12-20(19)25;1-11-6-12(10-22(20,21)15-3-4-15)8-13(7-11)16-5-2-14(18)9-17(16)19;1-8-4-9(6-11(5-8)16(17)18)12-3-2-10(14)7-13(12)15;1-8-4-9(6-11(16)5-8)12-3-2-10(14)7-13(12)15;13-8-1-2-11(12(14)5-8)7-3-9(15(17)18)6-10(16)4-7;7-4-1-5(8(10)11)3-6(9)2-4/h5,8-12,18H,6-7,13H2,1-4H3;2,5-9,15H,3-4,10H2,1H3;2-7H,1H3;2-7H,16H2,1H3;1-6,16H;1-3,9H. The molecule has 115 heavy (non-hydrogen) atoms. The fourth-order valence-electron chi connectivity index (χ4n) is 11.9. The van der Waals surface area contributed by atoms with Gasteiger partial charge in [0.05, 0.1) is 60.1 Å². The molecule has 4 N–H and O–H groups in total. The van der Waals surface area contributed by atoms with E-state index in [2.05, 4.69) is 15.9 Å². The van der Waals surface area contributed by atoms with E-state index in [1.54, 1.807) is 61.5 Å². The number of sulfone groups is 2. The highest BCUT2D eigenvalue weighted by atomic mass is 79.9. The Morgan fingerprint density at radius 3 is 1.06 bits per heavy atom. The van der Waals surface area contributed by atoms with Crippen molar-refractivity contribution in [1.29, 1.82) is 0 Å². The molecule has 0 unspecified atom stereocenters. The van der Waals surface area contributed by atoms with E-state index < -0.39 is 111 Å². The summed E-state index contributed by atoms with van der Waals surface area (Å²) < 4.78 is 196. The fourth-order valence-corrected chi connectivity index (χ4v) is 15.8. The number of aromatic hydroxyl groups is 2. The summed E-state index contributed by atoms with van der Waals surface area (Å²) in [7, 11) is -7.13. The third-order valence-electron chi connectivity index (χ3n) is 18.3. The molecule has 0 amide bonds. The van der Waals surface area contributed by atoms with Crippen LogP contribution in [0.25, 0.3) is 55.6 Å². The molecule has 2 saturated carbocycles. The Morgan fingerprint density at radius 2 is 0.713 bits per heavy atom. The first-order chi connectivity index (χ1) is 53.8. The largest absolute Gasteiger partial charge is 0.508 e. The minimum Gasteiger partial charge on any atom is -0.508 e. The zero-order chi connectivity index (χ0) is 84.5. The summed E-state index contributed by atoms with van der Waals surface area (Å²) in [5.74, 6) is -7.50. The molecular formula is C83H72BBrF10N4O14S2. The van der Waals surface area contributed by atoms with Crippen molar-refractivity contribution in [3.05, 3.63) is 321 Å². The van der Waals surface area contributed by atoms with Crippen molar-refractivity contribution in [2.24, 2.45) is 0 Å². The summed E-state index contributed by atoms with van der Waals surface area (Å²) in [6, 6.07) is 43.2. The van der Waals surface area contributed by atoms with Crippen LogP contribution in [0.5, 0.6) is 11.5 Å². The number of hydrogen-bond donors (Lipinski definition) is 3. The van der Waals surface area contributed by atoms with Crippen LogP contribution >= 0.6 is 15.9 Å². The number of nitrogens with two attached hydrogens (primary N) is 1. The first-order valence-electron chi connectivity index (χ1n) is 34.9. The number of phenolic OH excluding ortho intramolecular Hbond substituents is 2. The number of benzene rings is 11. The van der Waals surface area contributed by atoms with Gasteiger partial charge in [-0.25, -0.2) is 60.7 Å².